The Labute approximate surface area is 164 Å². The van der Waals surface area contributed by atoms with Gasteiger partial charge in [-0.15, -0.1) is 0 Å². The molecule has 0 bridgehead atoms. The predicted molar refractivity (Wildman–Crippen MR) is 107 cm³/mol. The Morgan fingerprint density at radius 1 is 1.15 bits per heavy atom. The van der Waals surface area contributed by atoms with Crippen LogP contribution in [0.1, 0.15) is 25.0 Å². The number of rotatable bonds is 6. The largest absolute Gasteiger partial charge is 0.303 e. The second kappa shape index (κ2) is 8.25. The molecule has 138 valence electrons. The van der Waals surface area contributed by atoms with E-state index >= 15 is 0 Å². The Morgan fingerprint density at radius 3 is 2.41 bits per heavy atom. The highest BCUT2D eigenvalue weighted by molar-refractivity contribution is 7.71. The van der Waals surface area contributed by atoms with Crippen LogP contribution >= 0.6 is 12.2 Å². The van der Waals surface area contributed by atoms with E-state index < -0.39 is 0 Å². The van der Waals surface area contributed by atoms with Gasteiger partial charge in [0.1, 0.15) is 0 Å². The van der Waals surface area contributed by atoms with E-state index in [0.29, 0.717) is 23.0 Å². The third-order valence-electron chi connectivity index (χ3n) is 4.49. The van der Waals surface area contributed by atoms with Crippen LogP contribution in [0.2, 0.25) is 0 Å². The fourth-order valence-corrected chi connectivity index (χ4v) is 3.00. The van der Waals surface area contributed by atoms with Crippen LogP contribution in [0.3, 0.4) is 0 Å². The zero-order valence-electron chi connectivity index (χ0n) is 15.7. The van der Waals surface area contributed by atoms with Crippen LogP contribution in [-0.4, -0.2) is 30.3 Å². The minimum absolute atomic E-state index is 0.314. The van der Waals surface area contributed by atoms with Gasteiger partial charge in [-0.05, 0) is 55.9 Å². The molecule has 6 nitrogen and oxygen atoms in total. The van der Waals surface area contributed by atoms with Crippen molar-refractivity contribution in [3.05, 3.63) is 64.7 Å². The second-order valence-electron chi connectivity index (χ2n) is 6.69. The molecule has 0 radical (unpaired) electrons. The summed E-state index contributed by atoms with van der Waals surface area (Å²) in [5.41, 5.74) is 2.81. The van der Waals surface area contributed by atoms with E-state index in [2.05, 4.69) is 29.8 Å². The Kier molecular flexibility index (Phi) is 5.79. The smallest absolute Gasteiger partial charge is 0.199 e. The van der Waals surface area contributed by atoms with Gasteiger partial charge in [-0.1, -0.05) is 12.1 Å². The molecule has 27 heavy (non-hydrogen) atoms. The number of benzene rings is 1. The van der Waals surface area contributed by atoms with Crippen molar-refractivity contribution in [2.75, 3.05) is 0 Å². The lowest BCUT2D eigenvalue weighted by Crippen LogP contribution is -2.33. The molecular formula is C20H22N6S. The molecular weight excluding hydrogens is 356 g/mol. The summed E-state index contributed by atoms with van der Waals surface area (Å²) in [6, 6.07) is 14.0. The van der Waals surface area contributed by atoms with Crippen LogP contribution in [-0.2, 0) is 20.3 Å². The van der Waals surface area contributed by atoms with Crippen LogP contribution in [0.5, 0.6) is 0 Å². The van der Waals surface area contributed by atoms with E-state index in [4.69, 9.17) is 22.6 Å². The Hall–Kier alpha value is -2.82. The van der Waals surface area contributed by atoms with Crippen molar-refractivity contribution >= 4 is 12.2 Å². The van der Waals surface area contributed by atoms with Gasteiger partial charge in [-0.25, -0.2) is 4.68 Å². The summed E-state index contributed by atoms with van der Waals surface area (Å²) in [7, 11) is 1.93. The highest BCUT2D eigenvalue weighted by Crippen LogP contribution is 2.17. The van der Waals surface area contributed by atoms with Gasteiger partial charge in [0.05, 0.1) is 18.3 Å². The van der Waals surface area contributed by atoms with Gasteiger partial charge < -0.3 is 4.57 Å². The van der Waals surface area contributed by atoms with Gasteiger partial charge in [0.25, 0.3) is 0 Å². The Bertz CT molecular complexity index is 996. The van der Waals surface area contributed by atoms with Gasteiger partial charge in [-0.2, -0.15) is 10.4 Å². The van der Waals surface area contributed by atoms with E-state index in [1.165, 1.54) is 0 Å². The van der Waals surface area contributed by atoms with Crippen LogP contribution in [0.4, 0.5) is 0 Å². The minimum Gasteiger partial charge on any atom is -0.303 e. The molecule has 0 unspecified atom stereocenters. The molecule has 0 aliphatic rings. The predicted octanol–water partition coefficient (Wildman–Crippen LogP) is 3.75. The van der Waals surface area contributed by atoms with E-state index in [-0.39, 0.29) is 0 Å². The van der Waals surface area contributed by atoms with E-state index in [1.807, 2.05) is 52.7 Å². The number of nitriles is 1. The van der Waals surface area contributed by atoms with Crippen LogP contribution in [0.25, 0.3) is 11.4 Å². The molecule has 0 N–H and O–H groups in total. The van der Waals surface area contributed by atoms with Crippen molar-refractivity contribution in [3.8, 4) is 17.5 Å². The van der Waals surface area contributed by atoms with E-state index in [0.717, 1.165) is 23.5 Å². The summed E-state index contributed by atoms with van der Waals surface area (Å²) in [5, 5.41) is 13.7. The van der Waals surface area contributed by atoms with Crippen LogP contribution < -0.4 is 0 Å². The van der Waals surface area contributed by atoms with Crippen molar-refractivity contribution in [2.45, 2.75) is 33.1 Å². The fraction of sp³-hybridized carbons (Fsp3) is 0.300. The monoisotopic (exact) mass is 378 g/mol. The molecule has 3 aromatic rings. The third-order valence-corrected chi connectivity index (χ3v) is 4.98. The molecule has 0 atom stereocenters. The molecule has 3 rings (SSSR count). The molecule has 0 saturated heterocycles. The third kappa shape index (κ3) is 4.30. The Balaban J connectivity index is 1.84. The summed E-state index contributed by atoms with van der Waals surface area (Å²) < 4.78 is 4.45. The van der Waals surface area contributed by atoms with Gasteiger partial charge >= 0.3 is 0 Å². The van der Waals surface area contributed by atoms with Crippen molar-refractivity contribution < 1.29 is 0 Å². The number of pyridine rings is 1. The molecule has 0 aliphatic carbocycles. The SMILES string of the molecule is CC(C)N(Cc1ccc(C#N)cc1)Cn1nc(-c2ccncc2)n(C)c1=S. The molecule has 0 saturated carbocycles. The molecule has 2 aromatic heterocycles. The maximum Gasteiger partial charge on any atom is 0.199 e. The van der Waals surface area contributed by atoms with Crippen molar-refractivity contribution in [1.82, 2.24) is 24.2 Å². The fourth-order valence-electron chi connectivity index (χ4n) is 2.82. The van der Waals surface area contributed by atoms with Crippen LogP contribution in [0.15, 0.2) is 48.8 Å². The van der Waals surface area contributed by atoms with E-state index in [1.54, 1.807) is 12.4 Å². The lowest BCUT2D eigenvalue weighted by molar-refractivity contribution is 0.153. The summed E-state index contributed by atoms with van der Waals surface area (Å²) in [6.07, 6.45) is 3.51. The van der Waals surface area contributed by atoms with Gasteiger partial charge in [0.2, 0.25) is 0 Å². The number of nitrogens with zero attached hydrogens (tertiary/aromatic N) is 6. The highest BCUT2D eigenvalue weighted by atomic mass is 32.1. The zero-order chi connectivity index (χ0) is 19.4. The van der Waals surface area contributed by atoms with Gasteiger partial charge in [0.15, 0.2) is 10.6 Å². The van der Waals surface area contributed by atoms with Gasteiger partial charge in [0, 0.05) is 37.6 Å². The Morgan fingerprint density at radius 2 is 1.81 bits per heavy atom. The number of hydrogen-bond acceptors (Lipinski definition) is 5. The lowest BCUT2D eigenvalue weighted by Gasteiger charge is -2.26. The molecule has 2 heterocycles. The van der Waals surface area contributed by atoms with Crippen LogP contribution in [0, 0.1) is 16.1 Å². The summed E-state index contributed by atoms with van der Waals surface area (Å²) in [6.45, 7) is 5.65. The normalized spacial score (nSPS) is 11.1. The first-order valence-corrected chi connectivity index (χ1v) is 9.17. The first-order chi connectivity index (χ1) is 13.0. The van der Waals surface area contributed by atoms with E-state index in [9.17, 15) is 0 Å². The number of hydrogen-bond donors (Lipinski definition) is 0. The summed E-state index contributed by atoms with van der Waals surface area (Å²) >= 11 is 5.60. The quantitative estimate of drug-likeness (QED) is 0.611. The standard InChI is InChI=1S/C20H22N6S/c1-15(2)25(13-17-6-4-16(12-21)5-7-17)14-26-20(27)24(3)19(23-26)18-8-10-22-11-9-18/h4-11,15H,13-14H2,1-3H3. The van der Waals surface area contributed by atoms with Crippen molar-refractivity contribution in [2.24, 2.45) is 7.05 Å². The van der Waals surface area contributed by atoms with Crippen molar-refractivity contribution in [1.29, 1.82) is 5.26 Å². The average molecular weight is 379 g/mol. The molecule has 0 amide bonds. The van der Waals surface area contributed by atoms with Gasteiger partial charge in [-0.3, -0.25) is 9.88 Å². The molecule has 1 aromatic carbocycles. The summed E-state index contributed by atoms with van der Waals surface area (Å²) in [4.78, 5) is 6.35. The summed E-state index contributed by atoms with van der Waals surface area (Å²) in [5.74, 6) is 0.824. The maximum atomic E-state index is 8.96. The average Bonchev–Trinajstić information content (AvgIpc) is 2.97. The lowest BCUT2D eigenvalue weighted by atomic mass is 10.1. The van der Waals surface area contributed by atoms with Crippen molar-refractivity contribution in [3.63, 3.8) is 0 Å². The highest BCUT2D eigenvalue weighted by Gasteiger charge is 2.15. The molecule has 7 heteroatoms. The maximum absolute atomic E-state index is 8.96. The zero-order valence-corrected chi connectivity index (χ0v) is 16.5. The number of aromatic nitrogens is 4. The first-order valence-electron chi connectivity index (χ1n) is 8.77. The first kappa shape index (κ1) is 19.0. The second-order valence-corrected chi connectivity index (χ2v) is 7.06. The molecule has 0 fully saturated rings. The topological polar surface area (TPSA) is 62.7 Å². The minimum atomic E-state index is 0.314. The molecule has 0 spiro atoms. The molecule has 0 aliphatic heterocycles.